The minimum atomic E-state index is -0.571. The monoisotopic (exact) mass is 426 g/mol. The van der Waals surface area contributed by atoms with Gasteiger partial charge in [-0.05, 0) is 51.5 Å². The van der Waals surface area contributed by atoms with Gasteiger partial charge in [0.25, 0.3) is 0 Å². The standard InChI is InChI=1S/C24H27NO4S/c1-5-24(3,4)22(26)28-15-14-25-23(27)29-18-10-12-19(13-11-18)30-16-17(2)20-8-6-7-9-21(20)30/h6-13,16H,5,14-15H2,1-4H3/p+1. The molecule has 1 atom stereocenters. The van der Waals surface area contributed by atoms with E-state index in [1.54, 1.807) is 12.1 Å². The van der Waals surface area contributed by atoms with Crippen molar-refractivity contribution in [2.24, 2.45) is 5.41 Å². The number of hydrogen-bond donors (Lipinski definition) is 1. The first-order chi connectivity index (χ1) is 14.3. The lowest BCUT2D eigenvalue weighted by atomic mass is 9.91. The van der Waals surface area contributed by atoms with E-state index in [4.69, 9.17) is 9.47 Å². The fraction of sp³-hybridized carbons (Fsp3) is 0.333. The molecule has 2 aromatic carbocycles. The molecule has 0 saturated carbocycles. The van der Waals surface area contributed by atoms with Crippen LogP contribution in [0.25, 0.3) is 15.0 Å². The van der Waals surface area contributed by atoms with Crippen molar-refractivity contribution in [3.8, 4) is 10.6 Å². The fourth-order valence-electron chi connectivity index (χ4n) is 2.92. The first-order valence-corrected chi connectivity index (χ1v) is 11.3. The molecule has 0 bridgehead atoms. The Kier molecular flexibility index (Phi) is 6.77. The molecule has 0 fully saturated rings. The average molecular weight is 427 g/mol. The summed E-state index contributed by atoms with van der Waals surface area (Å²) in [6, 6.07) is 16.0. The van der Waals surface area contributed by atoms with Gasteiger partial charge >= 0.3 is 12.1 Å². The maximum atomic E-state index is 12.0. The molecule has 6 heteroatoms. The number of carbonyl (C=O) groups is 2. The summed E-state index contributed by atoms with van der Waals surface area (Å²) in [4.78, 5) is 25.1. The molecular formula is C24H28NO4S+. The quantitative estimate of drug-likeness (QED) is 0.288. The third-order valence-corrected chi connectivity index (χ3v) is 7.37. The number of aryl methyl sites for hydroxylation is 1. The Morgan fingerprint density at radius 2 is 1.77 bits per heavy atom. The largest absolute Gasteiger partial charge is 0.463 e. The highest BCUT2D eigenvalue weighted by molar-refractivity contribution is 7.43. The molecule has 1 heterocycles. The lowest BCUT2D eigenvalue weighted by Crippen LogP contribution is -2.33. The summed E-state index contributed by atoms with van der Waals surface area (Å²) < 4.78 is 11.8. The van der Waals surface area contributed by atoms with Gasteiger partial charge in [-0.15, -0.1) is 0 Å². The minimum Gasteiger partial charge on any atom is -0.463 e. The van der Waals surface area contributed by atoms with Crippen molar-refractivity contribution in [2.45, 2.75) is 34.1 Å². The molecule has 0 aliphatic rings. The second kappa shape index (κ2) is 9.30. The highest BCUT2D eigenvalue weighted by atomic mass is 32.2. The molecule has 0 saturated heterocycles. The molecule has 1 N–H and O–H groups in total. The zero-order chi connectivity index (χ0) is 21.7. The number of amides is 1. The summed E-state index contributed by atoms with van der Waals surface area (Å²) in [6.45, 7) is 8.06. The van der Waals surface area contributed by atoms with Crippen LogP contribution in [0.2, 0.25) is 0 Å². The van der Waals surface area contributed by atoms with Crippen LogP contribution in [0.3, 0.4) is 0 Å². The second-order valence-corrected chi connectivity index (χ2v) is 9.62. The number of benzene rings is 2. The molecule has 1 amide bonds. The van der Waals surface area contributed by atoms with Crippen LogP contribution in [-0.4, -0.2) is 25.2 Å². The fourth-order valence-corrected chi connectivity index (χ4v) is 5.03. The van der Waals surface area contributed by atoms with Crippen molar-refractivity contribution < 1.29 is 19.1 Å². The third-order valence-electron chi connectivity index (χ3n) is 5.17. The van der Waals surface area contributed by atoms with Crippen molar-refractivity contribution in [3.63, 3.8) is 0 Å². The van der Waals surface area contributed by atoms with Crippen molar-refractivity contribution in [1.82, 2.24) is 5.32 Å². The van der Waals surface area contributed by atoms with Gasteiger partial charge in [0.2, 0.25) is 0 Å². The van der Waals surface area contributed by atoms with E-state index in [0.717, 1.165) is 0 Å². The van der Waals surface area contributed by atoms with E-state index >= 15 is 0 Å². The van der Waals surface area contributed by atoms with E-state index in [2.05, 4.69) is 41.9 Å². The van der Waals surface area contributed by atoms with Crippen LogP contribution in [0.4, 0.5) is 4.79 Å². The molecular weight excluding hydrogens is 398 g/mol. The molecule has 1 unspecified atom stereocenters. The van der Waals surface area contributed by atoms with E-state index < -0.39 is 11.5 Å². The van der Waals surface area contributed by atoms with Gasteiger partial charge in [0, 0.05) is 33.6 Å². The van der Waals surface area contributed by atoms with Gasteiger partial charge in [-0.3, -0.25) is 4.79 Å². The van der Waals surface area contributed by atoms with Gasteiger partial charge in [0.1, 0.15) is 17.7 Å². The summed E-state index contributed by atoms with van der Waals surface area (Å²) in [7, 11) is -0.102. The highest BCUT2D eigenvalue weighted by Crippen LogP contribution is 2.42. The van der Waals surface area contributed by atoms with Crippen LogP contribution in [0.15, 0.2) is 53.9 Å². The third kappa shape index (κ3) is 5.00. The lowest BCUT2D eigenvalue weighted by Gasteiger charge is -2.20. The number of esters is 1. The summed E-state index contributed by atoms with van der Waals surface area (Å²) >= 11 is 0. The van der Waals surface area contributed by atoms with Gasteiger partial charge in [-0.1, -0.05) is 19.1 Å². The topological polar surface area (TPSA) is 64.6 Å². The lowest BCUT2D eigenvalue weighted by molar-refractivity contribution is -0.153. The van der Waals surface area contributed by atoms with E-state index in [-0.39, 0.29) is 29.6 Å². The van der Waals surface area contributed by atoms with Crippen LogP contribution in [0, 0.1) is 12.3 Å². The molecule has 3 aromatic rings. The molecule has 158 valence electrons. The Morgan fingerprint density at radius 3 is 2.47 bits per heavy atom. The van der Waals surface area contributed by atoms with Crippen LogP contribution < -0.4 is 10.1 Å². The van der Waals surface area contributed by atoms with Crippen molar-refractivity contribution in [3.05, 3.63) is 59.5 Å². The first kappa shape index (κ1) is 21.8. The molecule has 30 heavy (non-hydrogen) atoms. The van der Waals surface area contributed by atoms with Gasteiger partial charge in [0.15, 0.2) is 9.60 Å². The number of carbonyl (C=O) groups excluding carboxylic acids is 2. The van der Waals surface area contributed by atoms with Crippen LogP contribution in [0.5, 0.6) is 5.75 Å². The highest BCUT2D eigenvalue weighted by Gasteiger charge is 2.26. The molecule has 3 rings (SSSR count). The van der Waals surface area contributed by atoms with E-state index in [0.29, 0.717) is 12.2 Å². The number of ether oxygens (including phenoxy) is 2. The van der Waals surface area contributed by atoms with Gasteiger partial charge in [-0.2, -0.15) is 0 Å². The summed E-state index contributed by atoms with van der Waals surface area (Å²) in [5.74, 6) is 0.200. The average Bonchev–Trinajstić information content (AvgIpc) is 3.08. The van der Waals surface area contributed by atoms with Gasteiger partial charge < -0.3 is 14.8 Å². The van der Waals surface area contributed by atoms with E-state index in [9.17, 15) is 9.59 Å². The Bertz CT molecular complexity index is 1040. The smallest absolute Gasteiger partial charge is 0.412 e. The van der Waals surface area contributed by atoms with E-state index in [1.165, 1.54) is 20.5 Å². The second-order valence-electron chi connectivity index (χ2n) is 7.80. The van der Waals surface area contributed by atoms with Crippen molar-refractivity contribution >= 4 is 32.6 Å². The van der Waals surface area contributed by atoms with Gasteiger partial charge in [0.05, 0.1) is 12.0 Å². The zero-order valence-electron chi connectivity index (χ0n) is 17.9. The van der Waals surface area contributed by atoms with E-state index in [1.807, 2.05) is 32.9 Å². The predicted molar refractivity (Wildman–Crippen MR) is 122 cm³/mol. The summed E-state index contributed by atoms with van der Waals surface area (Å²) in [6.07, 6.45) is 0.123. The number of fused-ring (bicyclic) bond motifs is 1. The SMILES string of the molecule is CCC(C)(C)C(=O)OCCNC(=O)Oc1ccc(-[s+]2cc(C)c3ccccc32)cc1. The van der Waals surface area contributed by atoms with Crippen molar-refractivity contribution in [2.75, 3.05) is 13.2 Å². The zero-order valence-corrected chi connectivity index (χ0v) is 18.7. The molecule has 1 aromatic heterocycles. The molecule has 0 spiro atoms. The molecule has 0 aliphatic heterocycles. The summed E-state index contributed by atoms with van der Waals surface area (Å²) in [5, 5.41) is 6.18. The first-order valence-electron chi connectivity index (χ1n) is 10.1. The van der Waals surface area contributed by atoms with Crippen LogP contribution >= 0.6 is 10.5 Å². The van der Waals surface area contributed by atoms with Crippen molar-refractivity contribution in [1.29, 1.82) is 0 Å². The number of thiophene rings is 1. The Hall–Kier alpha value is -2.86. The molecule has 5 nitrogen and oxygen atoms in total. The number of nitrogens with one attached hydrogen (secondary N) is 1. The number of rotatable bonds is 7. The molecule has 0 aliphatic carbocycles. The maximum Gasteiger partial charge on any atom is 0.412 e. The maximum absolute atomic E-state index is 12.0. The van der Waals surface area contributed by atoms with Gasteiger partial charge in [-0.25, -0.2) is 4.79 Å². The Balaban J connectivity index is 1.53. The van der Waals surface area contributed by atoms with Crippen LogP contribution in [-0.2, 0) is 9.53 Å². The van der Waals surface area contributed by atoms with Crippen LogP contribution in [0.1, 0.15) is 32.8 Å². The number of hydrogen-bond acceptors (Lipinski definition) is 4. The predicted octanol–water partition coefficient (Wildman–Crippen LogP) is 5.95. The summed E-state index contributed by atoms with van der Waals surface area (Å²) in [5.41, 5.74) is 0.771. The Morgan fingerprint density at radius 1 is 1.07 bits per heavy atom. The molecule has 0 radical (unpaired) electrons. The minimum absolute atomic E-state index is 0.102. The normalized spacial score (nSPS) is 11.9. The Labute approximate surface area is 180 Å².